The molecule has 6 heteroatoms. The van der Waals surface area contributed by atoms with Crippen molar-refractivity contribution in [1.82, 2.24) is 4.90 Å². The zero-order valence-corrected chi connectivity index (χ0v) is 9.73. The Bertz CT molecular complexity index is 276. The molecule has 1 aliphatic rings. The van der Waals surface area contributed by atoms with Crippen LogP contribution in [0.2, 0.25) is 0 Å². The SMILES string of the molecule is CC.COC(=O)C1CC(=O)N(CC(=O)O)C1. The van der Waals surface area contributed by atoms with Crippen LogP contribution >= 0.6 is 0 Å². The second-order valence-corrected chi connectivity index (χ2v) is 3.09. The summed E-state index contributed by atoms with van der Waals surface area (Å²) in [6, 6.07) is 0. The first-order valence-corrected chi connectivity index (χ1v) is 5.12. The molecule has 1 N–H and O–H groups in total. The van der Waals surface area contributed by atoms with E-state index < -0.39 is 17.9 Å². The maximum Gasteiger partial charge on any atom is 0.323 e. The van der Waals surface area contributed by atoms with Gasteiger partial charge in [0, 0.05) is 13.0 Å². The number of carboxylic acid groups (broad SMARTS) is 1. The molecular formula is C10H17NO5. The molecule has 1 fully saturated rings. The van der Waals surface area contributed by atoms with Gasteiger partial charge in [-0.05, 0) is 0 Å². The molecular weight excluding hydrogens is 214 g/mol. The first kappa shape index (κ1) is 14.4. The van der Waals surface area contributed by atoms with Crippen molar-refractivity contribution >= 4 is 17.8 Å². The molecule has 6 nitrogen and oxygen atoms in total. The molecule has 1 unspecified atom stereocenters. The smallest absolute Gasteiger partial charge is 0.323 e. The van der Waals surface area contributed by atoms with Gasteiger partial charge in [0.1, 0.15) is 6.54 Å². The Hall–Kier alpha value is -1.59. The van der Waals surface area contributed by atoms with Crippen LogP contribution in [0.25, 0.3) is 0 Å². The number of carbonyl (C=O) groups is 3. The number of carbonyl (C=O) groups excluding carboxylic acids is 2. The van der Waals surface area contributed by atoms with Gasteiger partial charge in [-0.3, -0.25) is 14.4 Å². The van der Waals surface area contributed by atoms with Crippen LogP contribution in [0.4, 0.5) is 0 Å². The third kappa shape index (κ3) is 3.88. The predicted octanol–water partition coefficient (Wildman–Crippen LogP) is 0.119. The number of nitrogens with zero attached hydrogens (tertiary/aromatic N) is 1. The molecule has 1 amide bonds. The minimum atomic E-state index is -1.08. The Morgan fingerprint density at radius 2 is 2.06 bits per heavy atom. The van der Waals surface area contributed by atoms with Crippen LogP contribution in [-0.2, 0) is 19.1 Å². The fourth-order valence-electron chi connectivity index (χ4n) is 1.41. The number of hydrogen-bond donors (Lipinski definition) is 1. The number of amides is 1. The summed E-state index contributed by atoms with van der Waals surface area (Å²) in [7, 11) is 1.24. The molecule has 0 aromatic heterocycles. The second kappa shape index (κ2) is 6.81. The molecule has 1 heterocycles. The van der Waals surface area contributed by atoms with Gasteiger partial charge in [-0.1, -0.05) is 13.8 Å². The van der Waals surface area contributed by atoms with E-state index in [2.05, 4.69) is 4.74 Å². The molecule has 0 aliphatic carbocycles. The van der Waals surface area contributed by atoms with Crippen molar-refractivity contribution in [2.75, 3.05) is 20.2 Å². The summed E-state index contributed by atoms with van der Waals surface area (Å²) in [5.41, 5.74) is 0. The van der Waals surface area contributed by atoms with Gasteiger partial charge in [0.15, 0.2) is 0 Å². The van der Waals surface area contributed by atoms with Crippen molar-refractivity contribution in [2.24, 2.45) is 5.92 Å². The van der Waals surface area contributed by atoms with E-state index in [9.17, 15) is 14.4 Å². The van der Waals surface area contributed by atoms with Gasteiger partial charge in [0.2, 0.25) is 5.91 Å². The van der Waals surface area contributed by atoms with Crippen LogP contribution in [0.5, 0.6) is 0 Å². The van der Waals surface area contributed by atoms with Gasteiger partial charge < -0.3 is 14.7 Å². The lowest BCUT2D eigenvalue weighted by Gasteiger charge is -2.12. The van der Waals surface area contributed by atoms with Crippen molar-refractivity contribution < 1.29 is 24.2 Å². The Labute approximate surface area is 94.2 Å². The summed E-state index contributed by atoms with van der Waals surface area (Å²) in [6.45, 7) is 3.78. The van der Waals surface area contributed by atoms with E-state index >= 15 is 0 Å². The molecule has 0 aromatic carbocycles. The quantitative estimate of drug-likeness (QED) is 0.697. The molecule has 1 saturated heterocycles. The Morgan fingerprint density at radius 1 is 1.50 bits per heavy atom. The summed E-state index contributed by atoms with van der Waals surface area (Å²) in [5, 5.41) is 8.46. The number of hydrogen-bond acceptors (Lipinski definition) is 4. The molecule has 92 valence electrons. The summed E-state index contributed by atoms with van der Waals surface area (Å²) in [6.07, 6.45) is 0.0416. The number of ether oxygens (including phenoxy) is 1. The average molecular weight is 231 g/mol. The van der Waals surface area contributed by atoms with Gasteiger partial charge in [-0.25, -0.2) is 0 Å². The molecule has 0 bridgehead atoms. The van der Waals surface area contributed by atoms with Crippen molar-refractivity contribution in [3.8, 4) is 0 Å². The second-order valence-electron chi connectivity index (χ2n) is 3.09. The van der Waals surface area contributed by atoms with E-state index in [1.165, 1.54) is 7.11 Å². The van der Waals surface area contributed by atoms with Gasteiger partial charge >= 0.3 is 11.9 Å². The van der Waals surface area contributed by atoms with Crippen molar-refractivity contribution in [1.29, 1.82) is 0 Å². The molecule has 0 radical (unpaired) electrons. The largest absolute Gasteiger partial charge is 0.480 e. The Balaban J connectivity index is 0.00000106. The Kier molecular flexibility index (Phi) is 6.14. The standard InChI is InChI=1S/C8H11NO5.C2H6/c1-14-8(13)5-2-6(10)9(3-5)4-7(11)12;1-2/h5H,2-4H2,1H3,(H,11,12);1-2H3. The normalized spacial score (nSPS) is 18.8. The molecule has 1 rings (SSSR count). The number of carboxylic acids is 1. The van der Waals surface area contributed by atoms with Crippen molar-refractivity contribution in [2.45, 2.75) is 20.3 Å². The maximum absolute atomic E-state index is 11.2. The van der Waals surface area contributed by atoms with E-state index in [0.717, 1.165) is 4.90 Å². The van der Waals surface area contributed by atoms with Gasteiger partial charge in [0.25, 0.3) is 0 Å². The van der Waals surface area contributed by atoms with Crippen LogP contribution in [0, 0.1) is 5.92 Å². The van der Waals surface area contributed by atoms with Crippen molar-refractivity contribution in [3.05, 3.63) is 0 Å². The monoisotopic (exact) mass is 231 g/mol. The fourth-order valence-corrected chi connectivity index (χ4v) is 1.41. The molecule has 1 aliphatic heterocycles. The van der Waals surface area contributed by atoms with E-state index in [1.54, 1.807) is 0 Å². The van der Waals surface area contributed by atoms with Gasteiger partial charge in [-0.15, -0.1) is 0 Å². The van der Waals surface area contributed by atoms with E-state index in [4.69, 9.17) is 5.11 Å². The summed E-state index contributed by atoms with van der Waals surface area (Å²) in [5.74, 6) is -2.38. The minimum absolute atomic E-state index is 0.0416. The summed E-state index contributed by atoms with van der Waals surface area (Å²) < 4.78 is 4.47. The summed E-state index contributed by atoms with van der Waals surface area (Å²) >= 11 is 0. The van der Waals surface area contributed by atoms with Crippen LogP contribution < -0.4 is 0 Å². The fraction of sp³-hybridized carbons (Fsp3) is 0.700. The lowest BCUT2D eigenvalue weighted by Crippen LogP contribution is -2.31. The summed E-state index contributed by atoms with van der Waals surface area (Å²) in [4.78, 5) is 33.7. The maximum atomic E-state index is 11.2. The minimum Gasteiger partial charge on any atom is -0.480 e. The number of esters is 1. The third-order valence-electron chi connectivity index (χ3n) is 2.08. The predicted molar refractivity (Wildman–Crippen MR) is 55.7 cm³/mol. The number of methoxy groups -OCH3 is 1. The molecule has 1 atom stereocenters. The molecule has 0 aromatic rings. The number of rotatable bonds is 3. The van der Waals surface area contributed by atoms with E-state index in [0.29, 0.717) is 0 Å². The first-order chi connectivity index (χ1) is 7.54. The number of aliphatic carboxylic acids is 1. The highest BCUT2D eigenvalue weighted by Gasteiger charge is 2.35. The Morgan fingerprint density at radius 3 is 2.50 bits per heavy atom. The average Bonchev–Trinajstić information content (AvgIpc) is 2.61. The zero-order chi connectivity index (χ0) is 12.7. The van der Waals surface area contributed by atoms with Gasteiger partial charge in [0.05, 0.1) is 13.0 Å². The number of likely N-dealkylation sites (tertiary alicyclic amines) is 1. The molecule has 0 saturated carbocycles. The van der Waals surface area contributed by atoms with Crippen LogP contribution in [0.15, 0.2) is 0 Å². The van der Waals surface area contributed by atoms with E-state index in [-0.39, 0.29) is 25.4 Å². The molecule has 16 heavy (non-hydrogen) atoms. The van der Waals surface area contributed by atoms with Gasteiger partial charge in [-0.2, -0.15) is 0 Å². The highest BCUT2D eigenvalue weighted by Crippen LogP contribution is 2.18. The van der Waals surface area contributed by atoms with Crippen LogP contribution in [-0.4, -0.2) is 48.1 Å². The van der Waals surface area contributed by atoms with Crippen LogP contribution in [0.1, 0.15) is 20.3 Å². The molecule has 0 spiro atoms. The lowest BCUT2D eigenvalue weighted by molar-refractivity contribution is -0.145. The highest BCUT2D eigenvalue weighted by atomic mass is 16.5. The highest BCUT2D eigenvalue weighted by molar-refractivity contribution is 5.88. The van der Waals surface area contributed by atoms with Crippen molar-refractivity contribution in [3.63, 3.8) is 0 Å². The lowest BCUT2D eigenvalue weighted by atomic mass is 10.1. The first-order valence-electron chi connectivity index (χ1n) is 5.12. The van der Waals surface area contributed by atoms with E-state index in [1.807, 2.05) is 13.8 Å². The zero-order valence-electron chi connectivity index (χ0n) is 9.73. The topological polar surface area (TPSA) is 83.9 Å². The van der Waals surface area contributed by atoms with Crippen LogP contribution in [0.3, 0.4) is 0 Å². The third-order valence-corrected chi connectivity index (χ3v) is 2.08.